The molecule has 0 bridgehead atoms. The molecule has 0 unspecified atom stereocenters. The number of hydrogen-bond acceptors (Lipinski definition) is 8. The van der Waals surface area contributed by atoms with Gasteiger partial charge in [-0.2, -0.15) is 18.2 Å². The third-order valence-corrected chi connectivity index (χ3v) is 12.0. The first-order valence-corrected chi connectivity index (χ1v) is 18.7. The van der Waals surface area contributed by atoms with Crippen LogP contribution in [0, 0.1) is 23.7 Å². The fourth-order valence-corrected chi connectivity index (χ4v) is 9.70. The third-order valence-electron chi connectivity index (χ3n) is 11.5. The Kier molecular flexibility index (Phi) is 9.15. The number of anilines is 2. The number of phenolic OH excluding ortho intramolecular Hbond substituents is 1. The number of amides is 4. The Labute approximate surface area is 329 Å². The second kappa shape index (κ2) is 13.7. The number of nitrogens with zero attached hydrogens (tertiary/aromatic N) is 4. The predicted molar refractivity (Wildman–Crippen MR) is 200 cm³/mol. The van der Waals surface area contributed by atoms with Gasteiger partial charge in [0.15, 0.2) is 17.3 Å². The van der Waals surface area contributed by atoms with Crippen molar-refractivity contribution in [2.75, 3.05) is 23.6 Å². The van der Waals surface area contributed by atoms with Gasteiger partial charge in [-0.05, 0) is 79.3 Å². The first-order chi connectivity index (χ1) is 26.7. The van der Waals surface area contributed by atoms with E-state index < -0.39 is 76.3 Å². The Balaban J connectivity index is 1.31. The number of hydrogen-bond donors (Lipinski definition) is 1. The number of rotatable bonds is 7. The molecule has 3 heterocycles. The second-order valence-electron chi connectivity index (χ2n) is 14.3. The average molecular weight is 806 g/mol. The highest BCUT2D eigenvalue weighted by molar-refractivity contribution is 6.33. The van der Waals surface area contributed by atoms with Gasteiger partial charge in [0.05, 0.1) is 40.5 Å². The molecule has 288 valence electrons. The van der Waals surface area contributed by atoms with Gasteiger partial charge in [-0.3, -0.25) is 24.2 Å². The van der Waals surface area contributed by atoms with E-state index in [0.717, 1.165) is 21.0 Å². The number of hydrazine groups is 1. The minimum absolute atomic E-state index is 0.0183. The molecule has 1 N–H and O–H groups in total. The fourth-order valence-electron chi connectivity index (χ4n) is 9.29. The van der Waals surface area contributed by atoms with E-state index in [-0.39, 0.29) is 41.7 Å². The van der Waals surface area contributed by atoms with E-state index in [9.17, 15) is 32.7 Å². The summed E-state index contributed by atoms with van der Waals surface area (Å²) in [5.74, 6) is -7.61. The molecule has 4 aromatic rings. The van der Waals surface area contributed by atoms with Crippen molar-refractivity contribution in [3.63, 3.8) is 0 Å². The Hall–Kier alpha value is -5.40. The predicted octanol–water partition coefficient (Wildman–Crippen LogP) is 7.73. The number of benzene rings is 3. The monoisotopic (exact) mass is 804 g/mol. The van der Waals surface area contributed by atoms with Crippen LogP contribution in [0.3, 0.4) is 0 Å². The summed E-state index contributed by atoms with van der Waals surface area (Å²) in [6.07, 6.45) is -2.95. The zero-order valence-electron chi connectivity index (χ0n) is 29.8. The molecule has 0 spiro atoms. The van der Waals surface area contributed by atoms with Gasteiger partial charge in [-0.1, -0.05) is 77.3 Å². The normalized spacial score (nSPS) is 25.8. The van der Waals surface area contributed by atoms with Gasteiger partial charge < -0.3 is 9.84 Å². The largest absolute Gasteiger partial charge is 0.504 e. The summed E-state index contributed by atoms with van der Waals surface area (Å²) >= 11 is 12.7. The average Bonchev–Trinajstić information content (AvgIpc) is 3.56. The van der Waals surface area contributed by atoms with E-state index >= 15 is 4.79 Å². The van der Waals surface area contributed by atoms with E-state index in [2.05, 4.69) is 4.98 Å². The van der Waals surface area contributed by atoms with Crippen LogP contribution >= 0.6 is 23.2 Å². The van der Waals surface area contributed by atoms with Gasteiger partial charge in [-0.15, -0.1) is 0 Å². The van der Waals surface area contributed by atoms with Gasteiger partial charge in [0, 0.05) is 18.0 Å². The molecule has 2 aliphatic heterocycles. The van der Waals surface area contributed by atoms with Crippen LogP contribution in [-0.2, 0) is 30.8 Å². The standard InChI is InChI=1S/C41H33Cl2F3N4O6/c1-3-56-31-18-21(12-16-30(31)51)34-25-13-14-26-33(38(54)50(36(26)52)48(2)35-29(43)15-17-32(47-35)41(44,45)46)27(25)20-28-37(53)49(24-11-7-10-23(42)19-24)39(55)40(28,34)22-8-5-4-6-9-22/h4-13,15-19,26-28,33-34,51H,3,14,20H2,1-2H3/t26-,27+,28-,33-,34-,40+/m0/s1. The van der Waals surface area contributed by atoms with Gasteiger partial charge in [0.2, 0.25) is 11.8 Å². The molecule has 4 aliphatic rings. The highest BCUT2D eigenvalue weighted by Crippen LogP contribution is 2.65. The summed E-state index contributed by atoms with van der Waals surface area (Å²) in [7, 11) is 1.24. The van der Waals surface area contributed by atoms with Gasteiger partial charge in [-0.25, -0.2) is 9.88 Å². The number of phenols is 1. The highest BCUT2D eigenvalue weighted by atomic mass is 35.5. The number of aromatic nitrogens is 1. The number of allylic oxidation sites excluding steroid dienone is 2. The zero-order chi connectivity index (χ0) is 39.8. The van der Waals surface area contributed by atoms with Crippen LogP contribution in [0.1, 0.15) is 42.5 Å². The number of carbonyl (C=O) groups is 4. The van der Waals surface area contributed by atoms with Crippen molar-refractivity contribution in [3.8, 4) is 11.5 Å². The maximum Gasteiger partial charge on any atom is 0.433 e. The Morgan fingerprint density at radius 2 is 1.68 bits per heavy atom. The van der Waals surface area contributed by atoms with Gasteiger partial charge >= 0.3 is 6.18 Å². The molecule has 2 aliphatic carbocycles. The summed E-state index contributed by atoms with van der Waals surface area (Å²) < 4.78 is 46.9. The van der Waals surface area contributed by atoms with Crippen LogP contribution in [0.25, 0.3) is 0 Å². The van der Waals surface area contributed by atoms with Crippen molar-refractivity contribution in [1.29, 1.82) is 0 Å². The molecule has 2 saturated heterocycles. The number of imide groups is 2. The Morgan fingerprint density at radius 3 is 2.38 bits per heavy atom. The minimum Gasteiger partial charge on any atom is -0.504 e. The molecule has 10 nitrogen and oxygen atoms in total. The van der Waals surface area contributed by atoms with E-state index in [0.29, 0.717) is 27.8 Å². The zero-order valence-corrected chi connectivity index (χ0v) is 31.3. The lowest BCUT2D eigenvalue weighted by Crippen LogP contribution is -2.53. The number of alkyl halides is 3. The number of halogens is 5. The van der Waals surface area contributed by atoms with Crippen LogP contribution in [0.2, 0.25) is 10.0 Å². The minimum atomic E-state index is -4.82. The van der Waals surface area contributed by atoms with Crippen molar-refractivity contribution in [1.82, 2.24) is 9.99 Å². The molecule has 0 radical (unpaired) electrons. The maximum absolute atomic E-state index is 15.4. The molecular weight excluding hydrogens is 772 g/mol. The lowest BCUT2D eigenvalue weighted by atomic mass is 9.49. The SMILES string of the molecule is CCOc1cc([C@H]2C3=CC[C@@H]4C(=O)N(N(C)c5nc(C(F)(F)F)ccc5Cl)C(=O)[C@@H]4[C@@H]3C[C@H]3C(=O)N(c4cccc(Cl)c4)C(=O)[C@@]23c2ccccc2)ccc1O. The second-order valence-corrected chi connectivity index (χ2v) is 15.1. The van der Waals surface area contributed by atoms with Crippen molar-refractivity contribution in [2.45, 2.75) is 37.3 Å². The summed E-state index contributed by atoms with van der Waals surface area (Å²) in [5, 5.41) is 12.6. The first kappa shape index (κ1) is 37.5. The summed E-state index contributed by atoms with van der Waals surface area (Å²) in [6.45, 7) is 1.97. The quantitative estimate of drug-likeness (QED) is 0.149. The molecule has 1 saturated carbocycles. The molecule has 15 heteroatoms. The van der Waals surface area contributed by atoms with Crippen molar-refractivity contribution < 1.29 is 42.2 Å². The van der Waals surface area contributed by atoms with Crippen LogP contribution in [0.15, 0.2) is 96.6 Å². The van der Waals surface area contributed by atoms with E-state index in [1.807, 2.05) is 6.08 Å². The number of aromatic hydroxyl groups is 1. The van der Waals surface area contributed by atoms with Crippen molar-refractivity contribution in [2.24, 2.45) is 23.7 Å². The molecule has 3 fully saturated rings. The molecule has 3 aromatic carbocycles. The number of carbonyl (C=O) groups excluding carboxylic acids is 4. The fraction of sp³-hybridized carbons (Fsp3) is 0.293. The number of fused-ring (bicyclic) bond motifs is 4. The van der Waals surface area contributed by atoms with Crippen LogP contribution in [-0.4, -0.2) is 52.4 Å². The smallest absolute Gasteiger partial charge is 0.433 e. The van der Waals surface area contributed by atoms with Crippen LogP contribution < -0.4 is 14.6 Å². The Bertz CT molecular complexity index is 2340. The number of ether oxygens (including phenoxy) is 1. The summed E-state index contributed by atoms with van der Waals surface area (Å²) in [5.41, 5.74) is -0.870. The third kappa shape index (κ3) is 5.57. The molecule has 1 aromatic heterocycles. The molecule has 4 amide bonds. The summed E-state index contributed by atoms with van der Waals surface area (Å²) in [4.78, 5) is 64.0. The summed E-state index contributed by atoms with van der Waals surface area (Å²) in [6, 6.07) is 21.8. The van der Waals surface area contributed by atoms with Gasteiger partial charge in [0.25, 0.3) is 11.8 Å². The Morgan fingerprint density at radius 1 is 0.929 bits per heavy atom. The molecule has 6 atom stereocenters. The van der Waals surface area contributed by atoms with E-state index in [1.54, 1.807) is 67.6 Å². The highest BCUT2D eigenvalue weighted by Gasteiger charge is 2.70. The van der Waals surface area contributed by atoms with Gasteiger partial charge in [0.1, 0.15) is 5.69 Å². The van der Waals surface area contributed by atoms with E-state index in [1.165, 1.54) is 19.2 Å². The van der Waals surface area contributed by atoms with Crippen molar-refractivity contribution >= 4 is 58.3 Å². The molecule has 56 heavy (non-hydrogen) atoms. The lowest BCUT2D eigenvalue weighted by molar-refractivity contribution is -0.141. The first-order valence-electron chi connectivity index (χ1n) is 17.9. The van der Waals surface area contributed by atoms with Crippen LogP contribution in [0.4, 0.5) is 24.7 Å². The maximum atomic E-state index is 15.4. The number of pyridine rings is 1. The van der Waals surface area contributed by atoms with Crippen LogP contribution in [0.5, 0.6) is 11.5 Å². The topological polar surface area (TPSA) is 120 Å². The molecule has 8 rings (SSSR count). The molecular formula is C41H33Cl2F3N4O6. The lowest BCUT2D eigenvalue weighted by Gasteiger charge is -2.50. The van der Waals surface area contributed by atoms with E-state index in [4.69, 9.17) is 27.9 Å². The van der Waals surface area contributed by atoms with Crippen molar-refractivity contribution in [3.05, 3.63) is 123 Å².